The number of nitrogens with zero attached hydrogens (tertiary/aromatic N) is 1. The van der Waals surface area contributed by atoms with Crippen LogP contribution in [0.2, 0.25) is 0 Å². The monoisotopic (exact) mass is 309 g/mol. The van der Waals surface area contributed by atoms with Gasteiger partial charge in [-0.2, -0.15) is 0 Å². The maximum absolute atomic E-state index is 12.2. The molecule has 18 heavy (non-hydrogen) atoms. The molecule has 0 radical (unpaired) electrons. The Labute approximate surface area is 115 Å². The van der Waals surface area contributed by atoms with Crippen molar-refractivity contribution in [3.05, 3.63) is 29.3 Å². The molecule has 4 heteroatoms. The molecule has 0 aliphatic carbocycles. The molecule has 3 nitrogen and oxygen atoms in total. The van der Waals surface area contributed by atoms with Crippen LogP contribution in [0.1, 0.15) is 36.7 Å². The molecule has 0 bridgehead atoms. The lowest BCUT2D eigenvalue weighted by Crippen LogP contribution is -2.26. The zero-order chi connectivity index (χ0) is 13.5. The van der Waals surface area contributed by atoms with Gasteiger partial charge in [-0.15, -0.1) is 0 Å². The van der Waals surface area contributed by atoms with Crippen LogP contribution in [-0.4, -0.2) is 22.6 Å². The van der Waals surface area contributed by atoms with E-state index < -0.39 is 4.32 Å². The summed E-state index contributed by atoms with van der Waals surface area (Å²) in [5.74, 6) is 0.111. The molecule has 0 fully saturated rings. The first-order chi connectivity index (χ1) is 8.30. The van der Waals surface area contributed by atoms with Gasteiger partial charge in [0.2, 0.25) is 5.91 Å². The number of benzene rings is 1. The van der Waals surface area contributed by atoms with Crippen LogP contribution in [0.4, 0.5) is 5.69 Å². The van der Waals surface area contributed by atoms with Crippen molar-refractivity contribution in [1.82, 2.24) is 0 Å². The lowest BCUT2D eigenvalue weighted by Gasteiger charge is -2.17. The summed E-state index contributed by atoms with van der Waals surface area (Å²) in [6.07, 6.45) is 0.818. The molecule has 1 aromatic carbocycles. The van der Waals surface area contributed by atoms with E-state index in [-0.39, 0.29) is 11.7 Å². The van der Waals surface area contributed by atoms with Crippen LogP contribution in [-0.2, 0) is 11.2 Å². The number of hydrogen-bond acceptors (Lipinski definition) is 2. The Morgan fingerprint density at radius 3 is 2.56 bits per heavy atom. The quantitative estimate of drug-likeness (QED) is 0.622. The van der Waals surface area contributed by atoms with Gasteiger partial charge in [0.1, 0.15) is 0 Å². The van der Waals surface area contributed by atoms with E-state index in [1.165, 1.54) is 0 Å². The number of rotatable bonds is 2. The number of anilines is 1. The van der Waals surface area contributed by atoms with Gasteiger partial charge in [-0.25, -0.2) is 0 Å². The highest BCUT2D eigenvalue weighted by Crippen LogP contribution is 2.31. The van der Waals surface area contributed by atoms with Crippen LogP contribution < -0.4 is 4.90 Å². The minimum atomic E-state index is -0.555. The van der Waals surface area contributed by atoms with Crippen LogP contribution in [0.15, 0.2) is 18.2 Å². The van der Waals surface area contributed by atoms with Crippen molar-refractivity contribution in [3.63, 3.8) is 0 Å². The summed E-state index contributed by atoms with van der Waals surface area (Å²) in [4.78, 5) is 25.3. The Kier molecular flexibility index (Phi) is 3.32. The number of carbonyl (C=O) groups is 2. The first-order valence-corrected chi connectivity index (χ1v) is 6.75. The highest BCUT2D eigenvalue weighted by atomic mass is 79.9. The largest absolute Gasteiger partial charge is 0.312 e. The number of hydrogen-bond donors (Lipinski definition) is 0. The van der Waals surface area contributed by atoms with Crippen molar-refractivity contribution in [1.29, 1.82) is 0 Å². The van der Waals surface area contributed by atoms with Crippen molar-refractivity contribution < 1.29 is 9.59 Å². The Morgan fingerprint density at radius 2 is 2.00 bits per heavy atom. The minimum Gasteiger partial charge on any atom is -0.312 e. The number of ketones is 1. The molecule has 0 unspecified atom stereocenters. The van der Waals surface area contributed by atoms with Crippen LogP contribution >= 0.6 is 15.9 Å². The number of amides is 1. The predicted molar refractivity (Wildman–Crippen MR) is 75.5 cm³/mol. The van der Waals surface area contributed by atoms with Crippen molar-refractivity contribution in [2.24, 2.45) is 0 Å². The van der Waals surface area contributed by atoms with E-state index in [0.717, 1.165) is 17.7 Å². The van der Waals surface area contributed by atoms with Crippen LogP contribution in [0.3, 0.4) is 0 Å². The molecule has 96 valence electrons. The third-order valence-electron chi connectivity index (χ3n) is 3.16. The van der Waals surface area contributed by atoms with Crippen molar-refractivity contribution in [2.75, 3.05) is 11.4 Å². The van der Waals surface area contributed by atoms with E-state index >= 15 is 0 Å². The molecule has 0 aromatic heterocycles. The molecule has 1 aliphatic rings. The van der Waals surface area contributed by atoms with Crippen LogP contribution in [0.5, 0.6) is 0 Å². The Morgan fingerprint density at radius 1 is 1.33 bits per heavy atom. The van der Waals surface area contributed by atoms with Crippen molar-refractivity contribution >= 4 is 33.3 Å². The molecule has 0 saturated carbocycles. The smallest absolute Gasteiger partial charge is 0.223 e. The number of fused-ring (bicyclic) bond motifs is 1. The maximum atomic E-state index is 12.2. The fraction of sp³-hybridized carbons (Fsp3) is 0.429. The number of Topliss-reactive ketones (excluding diaryl/α,β-unsaturated/α-hetero) is 1. The molecular weight excluding hydrogens is 294 g/mol. The molecule has 0 atom stereocenters. The third kappa shape index (κ3) is 2.34. The second-order valence-corrected chi connectivity index (χ2v) is 7.05. The van der Waals surface area contributed by atoms with Crippen molar-refractivity contribution in [2.45, 2.75) is 31.5 Å². The van der Waals surface area contributed by atoms with Gasteiger partial charge in [0.05, 0.1) is 4.32 Å². The van der Waals surface area contributed by atoms with Gasteiger partial charge in [-0.05, 0) is 44.0 Å². The number of carbonyl (C=O) groups excluding carboxylic acids is 2. The molecule has 0 spiro atoms. The molecule has 0 saturated heterocycles. The van der Waals surface area contributed by atoms with Crippen LogP contribution in [0.25, 0.3) is 0 Å². The lowest BCUT2D eigenvalue weighted by atomic mass is 9.98. The molecule has 1 amide bonds. The molecule has 0 N–H and O–H groups in total. The molecule has 1 aliphatic heterocycles. The topological polar surface area (TPSA) is 37.4 Å². The second kappa shape index (κ2) is 4.50. The highest BCUT2D eigenvalue weighted by molar-refractivity contribution is 9.10. The predicted octanol–water partition coefficient (Wildman–Crippen LogP) is 2.95. The van der Waals surface area contributed by atoms with Crippen molar-refractivity contribution in [3.8, 4) is 0 Å². The first kappa shape index (κ1) is 13.3. The Balaban J connectivity index is 2.36. The number of alkyl halides is 1. The molecular formula is C14H16BrNO2. The van der Waals surface area contributed by atoms with E-state index in [9.17, 15) is 9.59 Å². The lowest BCUT2D eigenvalue weighted by molar-refractivity contribution is -0.116. The summed E-state index contributed by atoms with van der Waals surface area (Å²) < 4.78 is -0.555. The van der Waals surface area contributed by atoms with Gasteiger partial charge in [0, 0.05) is 24.7 Å². The van der Waals surface area contributed by atoms with E-state index in [0.29, 0.717) is 12.1 Å². The summed E-state index contributed by atoms with van der Waals surface area (Å²) in [5, 5.41) is 0. The number of halogens is 1. The average molecular weight is 310 g/mol. The van der Waals surface area contributed by atoms with E-state index in [4.69, 9.17) is 0 Å². The van der Waals surface area contributed by atoms with Gasteiger partial charge < -0.3 is 4.90 Å². The summed E-state index contributed by atoms with van der Waals surface area (Å²) in [7, 11) is 0. The molecule has 1 aromatic rings. The minimum absolute atomic E-state index is 0.0497. The van der Waals surface area contributed by atoms with Gasteiger partial charge in [-0.3, -0.25) is 9.59 Å². The third-order valence-corrected chi connectivity index (χ3v) is 3.52. The fourth-order valence-electron chi connectivity index (χ4n) is 2.21. The zero-order valence-electron chi connectivity index (χ0n) is 10.8. The summed E-state index contributed by atoms with van der Waals surface area (Å²) >= 11 is 3.38. The SMILES string of the molecule is CC(=O)N1CCc2cc(C(=O)C(C)(C)Br)ccc21. The van der Waals surface area contributed by atoms with Gasteiger partial charge in [0.25, 0.3) is 0 Å². The van der Waals surface area contributed by atoms with Gasteiger partial charge in [0.15, 0.2) is 5.78 Å². The highest BCUT2D eigenvalue weighted by Gasteiger charge is 2.28. The standard InChI is InChI=1S/C14H16BrNO2/c1-9(17)16-7-6-10-8-11(4-5-12(10)16)13(18)14(2,3)15/h4-5,8H,6-7H2,1-3H3. The fourth-order valence-corrected chi connectivity index (χ4v) is 2.44. The molecule has 2 rings (SSSR count). The normalized spacial score (nSPS) is 14.6. The van der Waals surface area contributed by atoms with Gasteiger partial charge >= 0.3 is 0 Å². The average Bonchev–Trinajstić information content (AvgIpc) is 2.69. The molecule has 1 heterocycles. The Hall–Kier alpha value is -1.16. The van der Waals surface area contributed by atoms with Crippen LogP contribution in [0, 0.1) is 0 Å². The summed E-state index contributed by atoms with van der Waals surface area (Å²) in [6.45, 7) is 5.95. The van der Waals surface area contributed by atoms with E-state index in [1.54, 1.807) is 17.9 Å². The Bertz CT molecular complexity index is 517. The first-order valence-electron chi connectivity index (χ1n) is 5.95. The second-order valence-electron chi connectivity index (χ2n) is 5.07. The van der Waals surface area contributed by atoms with E-state index in [2.05, 4.69) is 15.9 Å². The summed E-state index contributed by atoms with van der Waals surface area (Å²) in [5.41, 5.74) is 2.71. The maximum Gasteiger partial charge on any atom is 0.223 e. The zero-order valence-corrected chi connectivity index (χ0v) is 12.4. The van der Waals surface area contributed by atoms with E-state index in [1.807, 2.05) is 26.0 Å². The van der Waals surface area contributed by atoms with Gasteiger partial charge in [-0.1, -0.05) is 15.9 Å². The summed E-state index contributed by atoms with van der Waals surface area (Å²) in [6, 6.07) is 5.57.